The molecule has 1 aliphatic rings. The van der Waals surface area contributed by atoms with Crippen molar-refractivity contribution >= 4 is 23.2 Å². The second-order valence-corrected chi connectivity index (χ2v) is 7.91. The highest BCUT2D eigenvalue weighted by Crippen LogP contribution is 2.34. The molecule has 6 nitrogen and oxygen atoms in total. The number of hydrogen-bond donors (Lipinski definition) is 2. The maximum absolute atomic E-state index is 12.5. The number of aryl methyl sites for hydroxylation is 1. The zero-order valence-electron chi connectivity index (χ0n) is 16.9. The molecule has 0 bridgehead atoms. The summed E-state index contributed by atoms with van der Waals surface area (Å²) in [6.07, 6.45) is 4.18. The van der Waals surface area contributed by atoms with Crippen LogP contribution in [0.4, 0.5) is 5.69 Å². The Kier molecular flexibility index (Phi) is 6.35. The van der Waals surface area contributed by atoms with Crippen LogP contribution in [0.2, 0.25) is 5.02 Å². The van der Waals surface area contributed by atoms with Crippen molar-refractivity contribution in [3.8, 4) is 17.0 Å². The van der Waals surface area contributed by atoms with Crippen LogP contribution in [0, 0.1) is 0 Å². The summed E-state index contributed by atoms with van der Waals surface area (Å²) < 4.78 is 8.14. The van der Waals surface area contributed by atoms with Gasteiger partial charge < -0.3 is 15.4 Å². The second-order valence-electron chi connectivity index (χ2n) is 7.47. The van der Waals surface area contributed by atoms with E-state index in [9.17, 15) is 4.79 Å². The molecule has 0 atom stereocenters. The third-order valence-electron chi connectivity index (χ3n) is 5.22. The van der Waals surface area contributed by atoms with E-state index in [-0.39, 0.29) is 18.4 Å². The Balaban J connectivity index is 1.54. The van der Waals surface area contributed by atoms with E-state index in [0.717, 1.165) is 54.2 Å². The molecule has 0 aliphatic carbocycles. The van der Waals surface area contributed by atoms with Gasteiger partial charge >= 0.3 is 0 Å². The zero-order chi connectivity index (χ0) is 20.9. The molecule has 0 radical (unpaired) electrons. The van der Waals surface area contributed by atoms with Gasteiger partial charge in [-0.25, -0.2) is 0 Å². The van der Waals surface area contributed by atoms with Crippen molar-refractivity contribution in [2.75, 3.05) is 18.4 Å². The normalized spacial score (nSPS) is 14.5. The number of nitrogens with one attached hydrogen (secondary N) is 2. The van der Waals surface area contributed by atoms with Crippen LogP contribution >= 0.6 is 11.6 Å². The Hall–Kier alpha value is -2.83. The van der Waals surface area contributed by atoms with Gasteiger partial charge in [-0.2, -0.15) is 5.10 Å². The molecule has 2 heterocycles. The first-order valence-electron chi connectivity index (χ1n) is 10.1. The number of rotatable bonds is 6. The number of aromatic nitrogens is 2. The number of halogens is 1. The fourth-order valence-corrected chi connectivity index (χ4v) is 3.76. The maximum atomic E-state index is 12.5. The SMILES string of the molecule is Cn1nccc1-c1cc(NC(=O)Cc2ccc(Cl)cc2)ccc1OC1CCNCC1. The molecular weight excluding hydrogens is 400 g/mol. The molecular formula is C23H25ClN4O2. The summed E-state index contributed by atoms with van der Waals surface area (Å²) in [4.78, 5) is 12.5. The summed E-state index contributed by atoms with van der Waals surface area (Å²) in [5.74, 6) is 0.724. The molecule has 1 saturated heterocycles. The number of anilines is 1. The van der Waals surface area contributed by atoms with Crippen LogP contribution in [0.25, 0.3) is 11.3 Å². The highest BCUT2D eigenvalue weighted by atomic mass is 35.5. The highest BCUT2D eigenvalue weighted by Gasteiger charge is 2.18. The Morgan fingerprint density at radius 2 is 1.97 bits per heavy atom. The topological polar surface area (TPSA) is 68.2 Å². The molecule has 0 saturated carbocycles. The number of nitrogens with zero attached hydrogens (tertiary/aromatic N) is 2. The van der Waals surface area contributed by atoms with Gasteiger partial charge in [-0.3, -0.25) is 9.48 Å². The average molecular weight is 425 g/mol. The van der Waals surface area contributed by atoms with Crippen LogP contribution in [-0.4, -0.2) is 34.9 Å². The van der Waals surface area contributed by atoms with Crippen molar-refractivity contribution in [3.63, 3.8) is 0 Å². The monoisotopic (exact) mass is 424 g/mol. The number of amides is 1. The van der Waals surface area contributed by atoms with E-state index in [1.165, 1.54) is 0 Å². The molecule has 2 aromatic carbocycles. The molecule has 0 unspecified atom stereocenters. The molecule has 1 fully saturated rings. The van der Waals surface area contributed by atoms with Gasteiger partial charge in [0, 0.05) is 29.5 Å². The summed E-state index contributed by atoms with van der Waals surface area (Å²) >= 11 is 5.92. The lowest BCUT2D eigenvalue weighted by Gasteiger charge is -2.25. The number of piperidine rings is 1. The summed E-state index contributed by atoms with van der Waals surface area (Å²) in [5, 5.41) is 11.3. The predicted octanol–water partition coefficient (Wildman–Crippen LogP) is 4.05. The molecule has 1 aliphatic heterocycles. The largest absolute Gasteiger partial charge is 0.490 e. The van der Waals surface area contributed by atoms with Gasteiger partial charge in [-0.1, -0.05) is 23.7 Å². The van der Waals surface area contributed by atoms with Gasteiger partial charge in [0.2, 0.25) is 5.91 Å². The molecule has 7 heteroatoms. The predicted molar refractivity (Wildman–Crippen MR) is 119 cm³/mol. The lowest BCUT2D eigenvalue weighted by Crippen LogP contribution is -2.34. The Bertz CT molecular complexity index is 1010. The van der Waals surface area contributed by atoms with Crippen molar-refractivity contribution in [2.24, 2.45) is 7.05 Å². The standard InChI is InChI=1S/C23H25ClN4O2/c1-28-21(10-13-26-28)20-15-18(6-7-22(20)30-19-8-11-25-12-9-19)27-23(29)14-16-2-4-17(24)5-3-16/h2-7,10,13,15,19,25H,8-9,11-12,14H2,1H3,(H,27,29). The van der Waals surface area contributed by atoms with E-state index in [1.54, 1.807) is 18.3 Å². The van der Waals surface area contributed by atoms with E-state index in [2.05, 4.69) is 15.7 Å². The Labute approximate surface area is 181 Å². The Morgan fingerprint density at radius 3 is 2.67 bits per heavy atom. The summed E-state index contributed by atoms with van der Waals surface area (Å²) in [7, 11) is 1.90. The van der Waals surface area contributed by atoms with Crippen LogP contribution in [0.3, 0.4) is 0 Å². The van der Waals surface area contributed by atoms with Crippen molar-refractivity contribution in [1.29, 1.82) is 0 Å². The third-order valence-corrected chi connectivity index (χ3v) is 5.47. The molecule has 30 heavy (non-hydrogen) atoms. The minimum absolute atomic E-state index is 0.0831. The molecule has 3 aromatic rings. The van der Waals surface area contributed by atoms with Crippen molar-refractivity contribution in [2.45, 2.75) is 25.4 Å². The lowest BCUT2D eigenvalue weighted by atomic mass is 10.1. The van der Waals surface area contributed by atoms with Crippen LogP contribution in [0.1, 0.15) is 18.4 Å². The van der Waals surface area contributed by atoms with Gasteiger partial charge in [-0.05, 0) is 67.9 Å². The average Bonchev–Trinajstić information content (AvgIpc) is 3.17. The molecule has 2 N–H and O–H groups in total. The fourth-order valence-electron chi connectivity index (χ4n) is 3.63. The van der Waals surface area contributed by atoms with E-state index in [1.807, 2.05) is 48.1 Å². The maximum Gasteiger partial charge on any atom is 0.228 e. The number of carbonyl (C=O) groups excluding carboxylic acids is 1. The minimum Gasteiger partial charge on any atom is -0.490 e. The van der Waals surface area contributed by atoms with Crippen molar-refractivity contribution in [3.05, 3.63) is 65.3 Å². The minimum atomic E-state index is -0.0831. The van der Waals surface area contributed by atoms with Gasteiger partial charge in [0.25, 0.3) is 0 Å². The zero-order valence-corrected chi connectivity index (χ0v) is 17.7. The number of benzene rings is 2. The van der Waals surface area contributed by atoms with E-state index < -0.39 is 0 Å². The van der Waals surface area contributed by atoms with Gasteiger partial charge in [0.1, 0.15) is 11.9 Å². The second kappa shape index (κ2) is 9.32. The summed E-state index contributed by atoms with van der Waals surface area (Å²) in [6.45, 7) is 1.93. The van der Waals surface area contributed by atoms with Crippen molar-refractivity contribution < 1.29 is 9.53 Å². The highest BCUT2D eigenvalue weighted by molar-refractivity contribution is 6.30. The van der Waals surface area contributed by atoms with Crippen LogP contribution in [-0.2, 0) is 18.3 Å². The number of hydrogen-bond acceptors (Lipinski definition) is 4. The fraction of sp³-hybridized carbons (Fsp3) is 0.304. The first-order valence-corrected chi connectivity index (χ1v) is 10.5. The third kappa shape index (κ3) is 5.01. The first kappa shape index (κ1) is 20.4. The summed E-state index contributed by atoms with van der Waals surface area (Å²) in [5.41, 5.74) is 3.49. The molecule has 0 spiro atoms. The van der Waals surface area contributed by atoms with E-state index in [0.29, 0.717) is 5.02 Å². The Morgan fingerprint density at radius 1 is 1.20 bits per heavy atom. The van der Waals surface area contributed by atoms with Crippen LogP contribution in [0.5, 0.6) is 5.75 Å². The van der Waals surface area contributed by atoms with E-state index >= 15 is 0 Å². The van der Waals surface area contributed by atoms with Gasteiger partial charge in [0.15, 0.2) is 0 Å². The molecule has 156 valence electrons. The van der Waals surface area contributed by atoms with Gasteiger partial charge in [0.05, 0.1) is 12.1 Å². The van der Waals surface area contributed by atoms with E-state index in [4.69, 9.17) is 16.3 Å². The van der Waals surface area contributed by atoms with Crippen molar-refractivity contribution in [1.82, 2.24) is 15.1 Å². The molecule has 4 rings (SSSR count). The first-order chi connectivity index (χ1) is 14.6. The lowest BCUT2D eigenvalue weighted by molar-refractivity contribution is -0.115. The van der Waals surface area contributed by atoms with Gasteiger partial charge in [-0.15, -0.1) is 0 Å². The molecule has 1 amide bonds. The van der Waals surface area contributed by atoms with Crippen LogP contribution < -0.4 is 15.4 Å². The number of ether oxygens (including phenoxy) is 1. The number of carbonyl (C=O) groups is 1. The summed E-state index contributed by atoms with van der Waals surface area (Å²) in [6, 6.07) is 15.0. The smallest absolute Gasteiger partial charge is 0.228 e. The molecule has 1 aromatic heterocycles. The quantitative estimate of drug-likeness (QED) is 0.626. The van der Waals surface area contributed by atoms with Crippen LogP contribution in [0.15, 0.2) is 54.7 Å².